The van der Waals surface area contributed by atoms with Crippen LogP contribution in [0.1, 0.15) is 42.7 Å². The first kappa shape index (κ1) is 20.2. The molecule has 0 aromatic heterocycles. The van der Waals surface area contributed by atoms with Crippen molar-refractivity contribution in [2.45, 2.75) is 26.8 Å². The zero-order chi connectivity index (χ0) is 19.9. The van der Waals surface area contributed by atoms with Crippen molar-refractivity contribution in [1.82, 2.24) is 10.2 Å². The number of hydrogen-bond acceptors (Lipinski definition) is 4. The van der Waals surface area contributed by atoms with Crippen LogP contribution in [0, 0.1) is 0 Å². The summed E-state index contributed by atoms with van der Waals surface area (Å²) in [4.78, 5) is 17.5. The van der Waals surface area contributed by atoms with Gasteiger partial charge in [-0.3, -0.25) is 4.79 Å². The number of nitrogens with zero attached hydrogens (tertiary/aromatic N) is 2. The van der Waals surface area contributed by atoms with Crippen molar-refractivity contribution in [3.8, 4) is 5.75 Å². The number of carbonyl (C=O) groups is 1. The third-order valence-electron chi connectivity index (χ3n) is 5.33. The predicted octanol–water partition coefficient (Wildman–Crippen LogP) is 3.72. The molecule has 2 aromatic rings. The van der Waals surface area contributed by atoms with Crippen molar-refractivity contribution in [2.24, 2.45) is 0 Å². The molecule has 1 heterocycles. The summed E-state index contributed by atoms with van der Waals surface area (Å²) in [6, 6.07) is 15.7. The molecular formula is C23H31N3O2. The van der Waals surface area contributed by atoms with E-state index >= 15 is 0 Å². The molecule has 1 aliphatic rings. The highest BCUT2D eigenvalue weighted by Crippen LogP contribution is 2.21. The van der Waals surface area contributed by atoms with E-state index in [9.17, 15) is 4.79 Å². The van der Waals surface area contributed by atoms with Gasteiger partial charge in [-0.15, -0.1) is 0 Å². The Morgan fingerprint density at radius 2 is 1.79 bits per heavy atom. The molecule has 150 valence electrons. The number of benzene rings is 2. The minimum atomic E-state index is -0.0882. The van der Waals surface area contributed by atoms with Gasteiger partial charge in [-0.25, -0.2) is 0 Å². The number of rotatable bonds is 7. The van der Waals surface area contributed by atoms with E-state index in [2.05, 4.69) is 34.2 Å². The normalized spacial score (nSPS) is 15.9. The highest BCUT2D eigenvalue weighted by molar-refractivity contribution is 5.94. The zero-order valence-electron chi connectivity index (χ0n) is 17.1. The van der Waals surface area contributed by atoms with Gasteiger partial charge in [0.15, 0.2) is 0 Å². The van der Waals surface area contributed by atoms with E-state index in [4.69, 9.17) is 4.74 Å². The molecule has 1 fully saturated rings. The van der Waals surface area contributed by atoms with Crippen LogP contribution in [-0.2, 0) is 0 Å². The molecule has 1 amide bonds. The Balaban J connectivity index is 1.59. The molecule has 0 radical (unpaired) electrons. The van der Waals surface area contributed by atoms with Gasteiger partial charge in [0.05, 0.1) is 12.6 Å². The largest absolute Gasteiger partial charge is 0.494 e. The van der Waals surface area contributed by atoms with Crippen LogP contribution in [0.4, 0.5) is 5.69 Å². The summed E-state index contributed by atoms with van der Waals surface area (Å²) >= 11 is 0. The summed E-state index contributed by atoms with van der Waals surface area (Å²) in [5, 5.41) is 3.08. The number of hydrogen-bond donors (Lipinski definition) is 1. The molecule has 2 aromatic carbocycles. The van der Waals surface area contributed by atoms with E-state index in [0.717, 1.165) is 44.0 Å². The highest BCUT2D eigenvalue weighted by atomic mass is 16.5. The molecular weight excluding hydrogens is 350 g/mol. The average Bonchev–Trinajstić information content (AvgIpc) is 2.74. The third-order valence-corrected chi connectivity index (χ3v) is 5.33. The van der Waals surface area contributed by atoms with Crippen LogP contribution in [0.2, 0.25) is 0 Å². The maximum atomic E-state index is 12.6. The Labute approximate surface area is 168 Å². The van der Waals surface area contributed by atoms with Gasteiger partial charge in [-0.1, -0.05) is 19.1 Å². The molecule has 0 spiro atoms. The Kier molecular flexibility index (Phi) is 6.93. The average molecular weight is 382 g/mol. The quantitative estimate of drug-likeness (QED) is 0.794. The van der Waals surface area contributed by atoms with Crippen molar-refractivity contribution in [2.75, 3.05) is 44.2 Å². The number of anilines is 1. The van der Waals surface area contributed by atoms with Crippen LogP contribution >= 0.6 is 0 Å². The van der Waals surface area contributed by atoms with Gasteiger partial charge in [-0.2, -0.15) is 0 Å². The van der Waals surface area contributed by atoms with Crippen molar-refractivity contribution < 1.29 is 9.53 Å². The lowest BCUT2D eigenvalue weighted by Crippen LogP contribution is -2.46. The lowest BCUT2D eigenvalue weighted by atomic mass is 10.1. The molecule has 1 unspecified atom stereocenters. The summed E-state index contributed by atoms with van der Waals surface area (Å²) < 4.78 is 5.55. The molecule has 1 atom stereocenters. The first-order valence-electron chi connectivity index (χ1n) is 10.2. The minimum absolute atomic E-state index is 0.0586. The predicted molar refractivity (Wildman–Crippen MR) is 114 cm³/mol. The summed E-state index contributed by atoms with van der Waals surface area (Å²) in [7, 11) is 0. The van der Waals surface area contributed by atoms with Gasteiger partial charge < -0.3 is 19.9 Å². The van der Waals surface area contributed by atoms with Crippen LogP contribution in [0.3, 0.4) is 0 Å². The van der Waals surface area contributed by atoms with E-state index < -0.39 is 0 Å². The van der Waals surface area contributed by atoms with Crippen LogP contribution in [0.15, 0.2) is 48.5 Å². The first-order chi connectivity index (χ1) is 13.6. The topological polar surface area (TPSA) is 44.8 Å². The second-order valence-corrected chi connectivity index (χ2v) is 7.17. The molecule has 1 saturated heterocycles. The fraction of sp³-hybridized carbons (Fsp3) is 0.435. The molecule has 5 nitrogen and oxygen atoms in total. The Bertz CT molecular complexity index is 768. The van der Waals surface area contributed by atoms with E-state index in [1.807, 2.05) is 50.2 Å². The monoisotopic (exact) mass is 381 g/mol. The van der Waals surface area contributed by atoms with E-state index in [1.165, 1.54) is 5.69 Å². The Morgan fingerprint density at radius 1 is 1.07 bits per heavy atom. The number of likely N-dealkylation sites (N-methyl/N-ethyl adjacent to an activating group) is 1. The maximum Gasteiger partial charge on any atom is 0.251 e. The first-order valence-corrected chi connectivity index (χ1v) is 10.2. The van der Waals surface area contributed by atoms with Crippen LogP contribution < -0.4 is 15.0 Å². The summed E-state index contributed by atoms with van der Waals surface area (Å²) in [6.07, 6.45) is 0. The second kappa shape index (κ2) is 9.60. The zero-order valence-corrected chi connectivity index (χ0v) is 17.1. The lowest BCUT2D eigenvalue weighted by molar-refractivity contribution is 0.0940. The molecule has 1 N–H and O–H groups in total. The SMILES string of the molecule is CCOc1cccc(C(C)NC(=O)c2ccc(N3CCN(CC)CC3)cc2)c1. The van der Waals surface area contributed by atoms with Crippen LogP contribution in [-0.4, -0.2) is 50.1 Å². The lowest BCUT2D eigenvalue weighted by Gasteiger charge is -2.35. The molecule has 28 heavy (non-hydrogen) atoms. The number of nitrogens with one attached hydrogen (secondary N) is 1. The number of amides is 1. The van der Waals surface area contributed by atoms with Gasteiger partial charge in [0.1, 0.15) is 5.75 Å². The van der Waals surface area contributed by atoms with Gasteiger partial charge in [0, 0.05) is 37.4 Å². The molecule has 1 aliphatic heterocycles. The second-order valence-electron chi connectivity index (χ2n) is 7.17. The molecule has 0 saturated carbocycles. The van der Waals surface area contributed by atoms with Crippen LogP contribution in [0.5, 0.6) is 5.75 Å². The smallest absolute Gasteiger partial charge is 0.251 e. The maximum absolute atomic E-state index is 12.6. The number of ether oxygens (including phenoxy) is 1. The highest BCUT2D eigenvalue weighted by Gasteiger charge is 2.17. The fourth-order valence-corrected chi connectivity index (χ4v) is 3.55. The standard InChI is InChI=1S/C23H31N3O2/c1-4-25-13-15-26(16-14-25)21-11-9-19(10-12-21)23(27)24-18(3)20-7-6-8-22(17-20)28-5-2/h6-12,17-18H,4-5,13-16H2,1-3H3,(H,24,27). The summed E-state index contributed by atoms with van der Waals surface area (Å²) in [5.41, 5.74) is 2.90. The molecule has 0 bridgehead atoms. The summed E-state index contributed by atoms with van der Waals surface area (Å²) in [6.45, 7) is 12.2. The number of carbonyl (C=O) groups excluding carboxylic acids is 1. The van der Waals surface area contributed by atoms with E-state index in [1.54, 1.807) is 0 Å². The fourth-order valence-electron chi connectivity index (χ4n) is 3.55. The number of piperazine rings is 1. The third kappa shape index (κ3) is 5.04. The van der Waals surface area contributed by atoms with Crippen molar-refractivity contribution in [3.63, 3.8) is 0 Å². The van der Waals surface area contributed by atoms with Gasteiger partial charge >= 0.3 is 0 Å². The molecule has 3 rings (SSSR count). The van der Waals surface area contributed by atoms with Gasteiger partial charge in [0.2, 0.25) is 0 Å². The van der Waals surface area contributed by atoms with Gasteiger partial charge in [0.25, 0.3) is 5.91 Å². The van der Waals surface area contributed by atoms with E-state index in [0.29, 0.717) is 12.2 Å². The Hall–Kier alpha value is -2.53. The minimum Gasteiger partial charge on any atom is -0.494 e. The van der Waals surface area contributed by atoms with E-state index in [-0.39, 0.29) is 11.9 Å². The van der Waals surface area contributed by atoms with Crippen molar-refractivity contribution in [1.29, 1.82) is 0 Å². The van der Waals surface area contributed by atoms with Crippen LogP contribution in [0.25, 0.3) is 0 Å². The molecule has 5 heteroatoms. The van der Waals surface area contributed by atoms with Crippen molar-refractivity contribution in [3.05, 3.63) is 59.7 Å². The summed E-state index contributed by atoms with van der Waals surface area (Å²) in [5.74, 6) is 0.769. The Morgan fingerprint density at radius 3 is 2.43 bits per heavy atom. The van der Waals surface area contributed by atoms with Crippen molar-refractivity contribution >= 4 is 11.6 Å². The molecule has 0 aliphatic carbocycles. The van der Waals surface area contributed by atoms with Gasteiger partial charge in [-0.05, 0) is 62.4 Å².